The van der Waals surface area contributed by atoms with E-state index in [1.165, 1.54) is 13.5 Å². The molecule has 0 atom stereocenters. The number of nitrogens with zero attached hydrogens (tertiary/aromatic N) is 1. The summed E-state index contributed by atoms with van der Waals surface area (Å²) in [5.74, 6) is -0.508. The van der Waals surface area contributed by atoms with E-state index in [-0.39, 0.29) is 0 Å². The summed E-state index contributed by atoms with van der Waals surface area (Å²) < 4.78 is 10.6. The third-order valence-electron chi connectivity index (χ3n) is 4.06. The lowest BCUT2D eigenvalue weighted by Gasteiger charge is -2.26. The first-order valence-electron chi connectivity index (χ1n) is 8.94. The van der Waals surface area contributed by atoms with Gasteiger partial charge in [0.25, 0.3) is 0 Å². The fraction of sp³-hybridized carbons (Fsp3) is 0.227. The number of amides is 2. The molecule has 0 aliphatic rings. The number of carbonyl (C=O) groups is 2. The molecule has 152 valence electrons. The maximum Gasteiger partial charge on any atom is 0.313 e. The van der Waals surface area contributed by atoms with Crippen molar-refractivity contribution in [2.45, 2.75) is 25.8 Å². The maximum absolute atomic E-state index is 12.4. The molecule has 1 aromatic carbocycles. The SMILES string of the molecule is C=C/C=C(\C=C)CC(C)(C)NC(=O)C(=O)Nc1ccc(-c2cnco2)c(OC)c1. The van der Waals surface area contributed by atoms with Crippen molar-refractivity contribution in [2.75, 3.05) is 12.4 Å². The summed E-state index contributed by atoms with van der Waals surface area (Å²) in [6, 6.07) is 4.98. The Labute approximate surface area is 170 Å². The first-order chi connectivity index (χ1) is 13.8. The third kappa shape index (κ3) is 5.93. The number of allylic oxidation sites excluding steroid dienone is 3. The molecule has 1 heterocycles. The lowest BCUT2D eigenvalue weighted by Crippen LogP contribution is -2.48. The van der Waals surface area contributed by atoms with Crippen LogP contribution in [-0.4, -0.2) is 29.4 Å². The van der Waals surface area contributed by atoms with Crippen LogP contribution in [0.5, 0.6) is 5.75 Å². The Bertz CT molecular complexity index is 928. The van der Waals surface area contributed by atoms with E-state index in [1.54, 1.807) is 36.5 Å². The molecule has 2 amide bonds. The van der Waals surface area contributed by atoms with Crippen LogP contribution in [0.2, 0.25) is 0 Å². The quantitative estimate of drug-likeness (QED) is 0.523. The van der Waals surface area contributed by atoms with Crippen molar-refractivity contribution >= 4 is 17.5 Å². The van der Waals surface area contributed by atoms with Gasteiger partial charge in [-0.25, -0.2) is 4.98 Å². The summed E-state index contributed by atoms with van der Waals surface area (Å²) in [4.78, 5) is 28.6. The number of rotatable bonds is 8. The summed E-state index contributed by atoms with van der Waals surface area (Å²) in [5.41, 5.74) is 1.35. The number of methoxy groups -OCH3 is 1. The summed E-state index contributed by atoms with van der Waals surface area (Å²) in [7, 11) is 1.50. The van der Waals surface area contributed by atoms with Crippen LogP contribution in [0.15, 0.2) is 72.2 Å². The number of hydrogen-bond acceptors (Lipinski definition) is 5. The number of benzene rings is 1. The molecule has 0 saturated carbocycles. The molecule has 7 nitrogen and oxygen atoms in total. The lowest BCUT2D eigenvalue weighted by molar-refractivity contribution is -0.137. The second-order valence-electron chi connectivity index (χ2n) is 6.93. The van der Waals surface area contributed by atoms with E-state index in [9.17, 15) is 9.59 Å². The normalized spacial score (nSPS) is 11.5. The van der Waals surface area contributed by atoms with E-state index in [4.69, 9.17) is 9.15 Å². The van der Waals surface area contributed by atoms with Gasteiger partial charge in [-0.2, -0.15) is 0 Å². The van der Waals surface area contributed by atoms with Crippen LogP contribution in [0.4, 0.5) is 5.69 Å². The van der Waals surface area contributed by atoms with E-state index in [0.717, 1.165) is 5.57 Å². The molecule has 29 heavy (non-hydrogen) atoms. The molecule has 0 aliphatic heterocycles. The molecule has 2 N–H and O–H groups in total. The predicted octanol–water partition coefficient (Wildman–Crippen LogP) is 3.87. The molecule has 0 fully saturated rings. The Morgan fingerprint density at radius 3 is 2.62 bits per heavy atom. The van der Waals surface area contributed by atoms with Crippen molar-refractivity contribution in [3.8, 4) is 17.1 Å². The largest absolute Gasteiger partial charge is 0.496 e. The zero-order valence-corrected chi connectivity index (χ0v) is 16.8. The number of ether oxygens (including phenoxy) is 1. The molecule has 2 aromatic rings. The fourth-order valence-electron chi connectivity index (χ4n) is 2.78. The Morgan fingerprint density at radius 1 is 1.28 bits per heavy atom. The molecule has 0 bridgehead atoms. The molecule has 0 radical (unpaired) electrons. The number of hydrogen-bond donors (Lipinski definition) is 2. The summed E-state index contributed by atoms with van der Waals surface area (Å²) in [6.07, 6.45) is 8.53. The standard InChI is InChI=1S/C22H25N3O4/c1-6-8-15(7-2)12-22(3,4)25-21(27)20(26)24-16-9-10-17(18(11-16)28-5)19-13-23-14-29-19/h6-11,13-14H,1-2,12H2,3-5H3,(H,24,26)(H,25,27)/b15-8+. The monoisotopic (exact) mass is 395 g/mol. The topological polar surface area (TPSA) is 93.5 Å². The van der Waals surface area contributed by atoms with Gasteiger partial charge in [0.05, 0.1) is 18.9 Å². The highest BCUT2D eigenvalue weighted by molar-refractivity contribution is 6.39. The molecular formula is C22H25N3O4. The summed E-state index contributed by atoms with van der Waals surface area (Å²) in [5, 5.41) is 5.31. The van der Waals surface area contributed by atoms with Crippen molar-refractivity contribution in [1.82, 2.24) is 10.3 Å². The number of anilines is 1. The minimum Gasteiger partial charge on any atom is -0.496 e. The second-order valence-corrected chi connectivity index (χ2v) is 6.93. The van der Waals surface area contributed by atoms with Gasteiger partial charge < -0.3 is 19.8 Å². The van der Waals surface area contributed by atoms with Gasteiger partial charge in [-0.15, -0.1) is 0 Å². The Balaban J connectivity index is 2.07. The Kier molecular flexibility index (Phi) is 7.14. The highest BCUT2D eigenvalue weighted by Gasteiger charge is 2.25. The van der Waals surface area contributed by atoms with E-state index in [1.807, 2.05) is 19.9 Å². The highest BCUT2D eigenvalue weighted by atomic mass is 16.5. The van der Waals surface area contributed by atoms with Crippen LogP contribution >= 0.6 is 0 Å². The van der Waals surface area contributed by atoms with Crippen molar-refractivity contribution in [2.24, 2.45) is 0 Å². The van der Waals surface area contributed by atoms with Gasteiger partial charge in [0.2, 0.25) is 0 Å². The van der Waals surface area contributed by atoms with Crippen molar-refractivity contribution in [3.63, 3.8) is 0 Å². The van der Waals surface area contributed by atoms with Crippen LogP contribution < -0.4 is 15.4 Å². The minimum atomic E-state index is -0.777. The van der Waals surface area contributed by atoms with Crippen molar-refractivity contribution in [3.05, 3.63) is 67.7 Å². The minimum absolute atomic E-state index is 0.418. The van der Waals surface area contributed by atoms with Gasteiger partial charge >= 0.3 is 11.8 Å². The maximum atomic E-state index is 12.4. The van der Waals surface area contributed by atoms with Gasteiger partial charge in [-0.3, -0.25) is 9.59 Å². The molecule has 1 aromatic heterocycles. The summed E-state index contributed by atoms with van der Waals surface area (Å²) >= 11 is 0. The molecule has 0 aliphatic carbocycles. The van der Waals surface area contributed by atoms with Crippen LogP contribution in [0, 0.1) is 0 Å². The van der Waals surface area contributed by atoms with E-state index in [2.05, 4.69) is 28.8 Å². The highest BCUT2D eigenvalue weighted by Crippen LogP contribution is 2.32. The first-order valence-corrected chi connectivity index (χ1v) is 8.94. The average molecular weight is 395 g/mol. The average Bonchev–Trinajstić information content (AvgIpc) is 3.21. The van der Waals surface area contributed by atoms with Crippen molar-refractivity contribution in [1.29, 1.82) is 0 Å². The van der Waals surface area contributed by atoms with Gasteiger partial charge in [-0.1, -0.05) is 31.4 Å². The Morgan fingerprint density at radius 2 is 2.03 bits per heavy atom. The molecular weight excluding hydrogens is 370 g/mol. The van der Waals surface area contributed by atoms with Gasteiger partial charge in [-0.05, 0) is 38.0 Å². The predicted molar refractivity (Wildman–Crippen MR) is 112 cm³/mol. The van der Waals surface area contributed by atoms with Gasteiger partial charge in [0.15, 0.2) is 12.2 Å². The zero-order chi connectivity index (χ0) is 21.4. The molecule has 0 saturated heterocycles. The Hall–Kier alpha value is -3.61. The number of aromatic nitrogens is 1. The smallest absolute Gasteiger partial charge is 0.313 e. The third-order valence-corrected chi connectivity index (χ3v) is 4.06. The van der Waals surface area contributed by atoms with E-state index >= 15 is 0 Å². The van der Waals surface area contributed by atoms with Gasteiger partial charge in [0.1, 0.15) is 5.75 Å². The van der Waals surface area contributed by atoms with Crippen LogP contribution in [-0.2, 0) is 9.59 Å². The zero-order valence-electron chi connectivity index (χ0n) is 16.8. The molecule has 2 rings (SSSR count). The molecule has 0 unspecified atom stereocenters. The molecule has 7 heteroatoms. The van der Waals surface area contributed by atoms with Crippen LogP contribution in [0.3, 0.4) is 0 Å². The molecule has 0 spiro atoms. The van der Waals surface area contributed by atoms with Crippen LogP contribution in [0.1, 0.15) is 20.3 Å². The van der Waals surface area contributed by atoms with Crippen LogP contribution in [0.25, 0.3) is 11.3 Å². The number of carbonyl (C=O) groups excluding carboxylic acids is 2. The lowest BCUT2D eigenvalue weighted by atomic mass is 9.94. The first kappa shape index (κ1) is 21.7. The van der Waals surface area contributed by atoms with E-state index < -0.39 is 17.4 Å². The number of oxazole rings is 1. The van der Waals surface area contributed by atoms with Gasteiger partial charge in [0, 0.05) is 17.3 Å². The second kappa shape index (κ2) is 9.54. The number of nitrogens with one attached hydrogen (secondary N) is 2. The van der Waals surface area contributed by atoms with E-state index in [0.29, 0.717) is 29.2 Å². The van der Waals surface area contributed by atoms with Crippen molar-refractivity contribution < 1.29 is 18.7 Å². The fourth-order valence-corrected chi connectivity index (χ4v) is 2.78. The summed E-state index contributed by atoms with van der Waals surface area (Å²) in [6.45, 7) is 11.1.